The molecule has 0 radical (unpaired) electrons. The van der Waals surface area contributed by atoms with E-state index in [0.29, 0.717) is 0 Å². The fourth-order valence-corrected chi connectivity index (χ4v) is 11.5. The topological polar surface area (TPSA) is 16.4 Å². The van der Waals surface area contributed by atoms with Crippen LogP contribution in [0.25, 0.3) is 75.5 Å². The van der Waals surface area contributed by atoms with Gasteiger partial charge in [-0.05, 0) is 128 Å². The van der Waals surface area contributed by atoms with E-state index in [1.165, 1.54) is 64.7 Å². The lowest BCUT2D eigenvalue weighted by atomic mass is 9.68. The van der Waals surface area contributed by atoms with E-state index in [0.717, 1.165) is 50.1 Å². The van der Waals surface area contributed by atoms with Gasteiger partial charge in [-0.2, -0.15) is 0 Å². The summed E-state index contributed by atoms with van der Waals surface area (Å²) in [6, 6.07) is 86.7. The summed E-state index contributed by atoms with van der Waals surface area (Å²) in [5.74, 6) is 0. The Labute approximate surface area is 375 Å². The van der Waals surface area contributed by atoms with Crippen LogP contribution in [0.2, 0.25) is 0 Å². The van der Waals surface area contributed by atoms with E-state index >= 15 is 0 Å². The number of rotatable bonds is 7. The molecule has 0 N–H and O–H groups in total. The zero-order valence-corrected chi connectivity index (χ0v) is 35.6. The Morgan fingerprint density at radius 2 is 0.906 bits per heavy atom. The molecular weight excluding hydrogens is 795 g/mol. The Kier molecular flexibility index (Phi) is 8.34. The Hall–Kier alpha value is -7.98. The second-order valence-electron chi connectivity index (χ2n) is 16.8. The molecule has 1 aliphatic rings. The lowest BCUT2D eigenvalue weighted by Gasteiger charge is -2.34. The van der Waals surface area contributed by atoms with E-state index in [1.807, 2.05) is 23.5 Å². The molecule has 10 aromatic carbocycles. The van der Waals surface area contributed by atoms with Gasteiger partial charge in [0.15, 0.2) is 0 Å². The molecule has 0 spiro atoms. The van der Waals surface area contributed by atoms with Gasteiger partial charge in [-0.15, -0.1) is 11.3 Å². The van der Waals surface area contributed by atoms with Gasteiger partial charge in [0.2, 0.25) is 0 Å². The van der Waals surface area contributed by atoms with Gasteiger partial charge >= 0.3 is 0 Å². The molecular formula is C61H39NOS. The summed E-state index contributed by atoms with van der Waals surface area (Å²) in [7, 11) is 0. The molecule has 2 heterocycles. The minimum atomic E-state index is -0.467. The molecule has 300 valence electrons. The molecule has 1 aliphatic carbocycles. The van der Waals surface area contributed by atoms with Crippen LogP contribution < -0.4 is 4.90 Å². The molecule has 64 heavy (non-hydrogen) atoms. The second kappa shape index (κ2) is 14.6. The molecule has 0 amide bonds. The number of anilines is 3. The minimum absolute atomic E-state index is 0.467. The van der Waals surface area contributed by atoms with Crippen LogP contribution in [0.15, 0.2) is 241 Å². The third-order valence-electron chi connectivity index (χ3n) is 13.4. The van der Waals surface area contributed by atoms with Crippen LogP contribution in [0, 0.1) is 0 Å². The number of thiophene rings is 1. The van der Waals surface area contributed by atoms with Gasteiger partial charge in [-0.3, -0.25) is 0 Å². The van der Waals surface area contributed by atoms with E-state index in [1.54, 1.807) is 0 Å². The van der Waals surface area contributed by atoms with E-state index in [2.05, 4.69) is 229 Å². The van der Waals surface area contributed by atoms with Crippen molar-refractivity contribution >= 4 is 70.5 Å². The van der Waals surface area contributed by atoms with Gasteiger partial charge in [0.05, 0.1) is 5.41 Å². The Balaban J connectivity index is 0.984. The van der Waals surface area contributed by atoms with Gasteiger partial charge in [0.25, 0.3) is 0 Å². The number of para-hydroxylation sites is 1. The number of fused-ring (bicyclic) bond motifs is 9. The first kappa shape index (κ1) is 36.7. The molecule has 13 rings (SSSR count). The maximum Gasteiger partial charge on any atom is 0.135 e. The zero-order valence-electron chi connectivity index (χ0n) is 34.8. The van der Waals surface area contributed by atoms with Crippen molar-refractivity contribution in [3.8, 4) is 33.4 Å². The van der Waals surface area contributed by atoms with E-state index in [9.17, 15) is 0 Å². The van der Waals surface area contributed by atoms with Crippen LogP contribution in [0.4, 0.5) is 17.1 Å². The standard InChI is InChI=1S/C61H39NOS/c1-3-15-44(16-4-1)61(45-17-5-2-6-18-45)55-23-10-7-20-49(55)52-39-48(32-33-56(52)61)62(46-30-26-40(27-31-46)42-28-34-58-53(37-42)50-21-8-11-24-57(50)63-58)47-19-13-14-41(36-47)43-29-35-60-54(38-43)51-22-9-12-25-59(51)64-60/h1-39H. The minimum Gasteiger partial charge on any atom is -0.456 e. The second-order valence-corrected chi connectivity index (χ2v) is 17.9. The zero-order chi connectivity index (χ0) is 42.2. The lowest BCUT2D eigenvalue weighted by molar-refractivity contribution is 0.669. The molecule has 0 atom stereocenters. The SMILES string of the molecule is c1ccc(C2(c3ccccc3)c3ccccc3-c3cc(N(c4ccc(-c5ccc6oc7ccccc7c6c5)cc4)c4cccc(-c5ccc6sc7ccccc7c6c5)c4)ccc32)cc1. The predicted octanol–water partition coefficient (Wildman–Crippen LogP) is 17.1. The molecule has 0 unspecified atom stereocenters. The van der Waals surface area contributed by atoms with Crippen LogP contribution in [0.5, 0.6) is 0 Å². The highest BCUT2D eigenvalue weighted by Gasteiger charge is 2.46. The van der Waals surface area contributed by atoms with Crippen LogP contribution in [-0.4, -0.2) is 0 Å². The van der Waals surface area contributed by atoms with Crippen molar-refractivity contribution in [1.82, 2.24) is 0 Å². The van der Waals surface area contributed by atoms with Crippen molar-refractivity contribution in [1.29, 1.82) is 0 Å². The molecule has 0 aliphatic heterocycles. The first-order valence-corrected chi connectivity index (χ1v) is 22.7. The molecule has 0 saturated carbocycles. The number of hydrogen-bond donors (Lipinski definition) is 0. The van der Waals surface area contributed by atoms with Crippen molar-refractivity contribution < 1.29 is 4.42 Å². The molecule has 3 heteroatoms. The first-order valence-electron chi connectivity index (χ1n) is 21.9. The van der Waals surface area contributed by atoms with Gasteiger partial charge in [0.1, 0.15) is 11.2 Å². The largest absolute Gasteiger partial charge is 0.456 e. The summed E-state index contributed by atoms with van der Waals surface area (Å²) in [4.78, 5) is 2.42. The van der Waals surface area contributed by atoms with E-state index in [-0.39, 0.29) is 0 Å². The average molecular weight is 834 g/mol. The number of benzene rings is 10. The van der Waals surface area contributed by atoms with Gasteiger partial charge < -0.3 is 9.32 Å². The Bertz CT molecular complexity index is 3690. The maximum absolute atomic E-state index is 6.18. The molecule has 12 aromatic rings. The van der Waals surface area contributed by atoms with E-state index < -0.39 is 5.41 Å². The summed E-state index contributed by atoms with van der Waals surface area (Å²) < 4.78 is 8.81. The third kappa shape index (κ3) is 5.64. The number of furan rings is 1. The monoisotopic (exact) mass is 833 g/mol. The Morgan fingerprint density at radius 1 is 0.328 bits per heavy atom. The predicted molar refractivity (Wildman–Crippen MR) is 269 cm³/mol. The normalized spacial score (nSPS) is 12.8. The summed E-state index contributed by atoms with van der Waals surface area (Å²) in [6.45, 7) is 0. The van der Waals surface area contributed by atoms with Gasteiger partial charge in [-0.1, -0.05) is 164 Å². The van der Waals surface area contributed by atoms with Crippen LogP contribution >= 0.6 is 11.3 Å². The molecule has 2 nitrogen and oxygen atoms in total. The summed E-state index contributed by atoms with van der Waals surface area (Å²) in [5.41, 5.74) is 16.9. The average Bonchev–Trinajstić information content (AvgIpc) is 4.03. The molecule has 2 aromatic heterocycles. The van der Waals surface area contributed by atoms with Crippen molar-refractivity contribution in [2.24, 2.45) is 0 Å². The summed E-state index contributed by atoms with van der Waals surface area (Å²) >= 11 is 1.86. The highest BCUT2D eigenvalue weighted by molar-refractivity contribution is 7.25. The highest BCUT2D eigenvalue weighted by atomic mass is 32.1. The lowest BCUT2D eigenvalue weighted by Crippen LogP contribution is -2.28. The highest BCUT2D eigenvalue weighted by Crippen LogP contribution is 2.57. The quantitative estimate of drug-likeness (QED) is 0.159. The van der Waals surface area contributed by atoms with Crippen molar-refractivity contribution in [2.45, 2.75) is 5.41 Å². The first-order chi connectivity index (χ1) is 31.7. The van der Waals surface area contributed by atoms with Crippen LogP contribution in [0.1, 0.15) is 22.3 Å². The molecule has 0 fully saturated rings. The fourth-order valence-electron chi connectivity index (χ4n) is 10.5. The van der Waals surface area contributed by atoms with Crippen LogP contribution in [-0.2, 0) is 5.41 Å². The van der Waals surface area contributed by atoms with Gasteiger partial charge in [0, 0.05) is 48.0 Å². The third-order valence-corrected chi connectivity index (χ3v) is 14.5. The smallest absolute Gasteiger partial charge is 0.135 e. The summed E-state index contributed by atoms with van der Waals surface area (Å²) in [5, 5.41) is 4.87. The maximum atomic E-state index is 6.18. The molecule has 0 bridgehead atoms. The number of nitrogens with zero attached hydrogens (tertiary/aromatic N) is 1. The molecule has 0 saturated heterocycles. The van der Waals surface area contributed by atoms with Crippen LogP contribution in [0.3, 0.4) is 0 Å². The number of hydrogen-bond acceptors (Lipinski definition) is 3. The van der Waals surface area contributed by atoms with Crippen molar-refractivity contribution in [3.63, 3.8) is 0 Å². The fraction of sp³-hybridized carbons (Fsp3) is 0.0164. The van der Waals surface area contributed by atoms with E-state index in [4.69, 9.17) is 4.42 Å². The van der Waals surface area contributed by atoms with Crippen molar-refractivity contribution in [3.05, 3.63) is 259 Å². The Morgan fingerprint density at radius 3 is 1.73 bits per heavy atom. The van der Waals surface area contributed by atoms with Crippen molar-refractivity contribution in [2.75, 3.05) is 4.90 Å². The van der Waals surface area contributed by atoms with Gasteiger partial charge in [-0.25, -0.2) is 0 Å². The summed E-state index contributed by atoms with van der Waals surface area (Å²) in [6.07, 6.45) is 0.